The van der Waals surface area contributed by atoms with Crippen LogP contribution in [0.1, 0.15) is 12.8 Å². The minimum atomic E-state index is 0.680. The smallest absolute Gasteiger partial charge is 0.178 e. The Morgan fingerprint density at radius 3 is 2.69 bits per heavy atom. The summed E-state index contributed by atoms with van der Waals surface area (Å²) in [5, 5.41) is 2.89. The van der Waals surface area contributed by atoms with E-state index in [-0.39, 0.29) is 0 Å². The number of nitrogens with zero attached hydrogens (tertiary/aromatic N) is 1. The lowest BCUT2D eigenvalue weighted by Crippen LogP contribution is -2.32. The van der Waals surface area contributed by atoms with Crippen molar-refractivity contribution in [2.45, 2.75) is 12.8 Å². The molecule has 0 atom stereocenters. The van der Waals surface area contributed by atoms with Crippen molar-refractivity contribution >= 4 is 0 Å². The lowest BCUT2D eigenvalue weighted by Gasteiger charge is -2.28. The van der Waals surface area contributed by atoms with Crippen LogP contribution in [0.5, 0.6) is 0 Å². The van der Waals surface area contributed by atoms with Gasteiger partial charge in [0.15, 0.2) is 5.88 Å². The first-order chi connectivity index (χ1) is 6.22. The number of hydrogen-bond donors (Lipinski definition) is 1. The van der Waals surface area contributed by atoms with Gasteiger partial charge in [0.2, 0.25) is 0 Å². The van der Waals surface area contributed by atoms with E-state index in [1.165, 1.54) is 25.9 Å². The zero-order chi connectivity index (χ0) is 9.68. The average Bonchev–Trinajstić information content (AvgIpc) is 2.16. The molecule has 0 saturated carbocycles. The van der Waals surface area contributed by atoms with Crippen molar-refractivity contribution in [3.8, 4) is 0 Å². The van der Waals surface area contributed by atoms with Gasteiger partial charge >= 0.3 is 0 Å². The van der Waals surface area contributed by atoms with E-state index in [1.54, 1.807) is 0 Å². The van der Waals surface area contributed by atoms with Crippen LogP contribution in [0.2, 0.25) is 0 Å². The molecule has 1 aliphatic heterocycles. The molecule has 0 aromatic rings. The highest BCUT2D eigenvalue weighted by atomic mass is 16.5. The summed E-state index contributed by atoms with van der Waals surface area (Å²) in [6.07, 6.45) is 2.49. The normalized spacial score (nSPS) is 19.8. The van der Waals surface area contributed by atoms with Crippen molar-refractivity contribution in [3.05, 3.63) is 12.5 Å². The predicted molar refractivity (Wildman–Crippen MR) is 54.4 cm³/mol. The molecule has 0 unspecified atom stereocenters. The summed E-state index contributed by atoms with van der Waals surface area (Å²) in [6, 6.07) is 0. The van der Waals surface area contributed by atoms with Gasteiger partial charge in [0.05, 0.1) is 6.61 Å². The molecule has 0 radical (unpaired) electrons. The Balaban J connectivity index is 2.12. The Hall–Kier alpha value is -0.700. The molecule has 76 valence electrons. The summed E-state index contributed by atoms with van der Waals surface area (Å²) in [7, 11) is 4.00. The molecule has 3 nitrogen and oxygen atoms in total. The van der Waals surface area contributed by atoms with Crippen molar-refractivity contribution in [1.29, 1.82) is 0 Å². The summed E-state index contributed by atoms with van der Waals surface area (Å²) in [5.74, 6) is 1.39. The summed E-state index contributed by atoms with van der Waals surface area (Å²) in [6.45, 7) is 6.93. The van der Waals surface area contributed by atoms with Crippen LogP contribution < -0.4 is 5.32 Å². The molecule has 1 saturated heterocycles. The van der Waals surface area contributed by atoms with Crippen LogP contribution in [-0.4, -0.2) is 38.7 Å². The molecule has 1 aliphatic rings. The molecule has 1 N–H and O–H groups in total. The number of rotatable bonds is 4. The first kappa shape index (κ1) is 10.4. The van der Waals surface area contributed by atoms with Gasteiger partial charge in [-0.05, 0) is 45.5 Å². The second kappa shape index (κ2) is 5.12. The van der Waals surface area contributed by atoms with E-state index < -0.39 is 0 Å². The van der Waals surface area contributed by atoms with Gasteiger partial charge in [0.25, 0.3) is 0 Å². The van der Waals surface area contributed by atoms with Gasteiger partial charge < -0.3 is 15.0 Å². The molecule has 0 aromatic heterocycles. The molecule has 13 heavy (non-hydrogen) atoms. The second-order valence-electron chi connectivity index (χ2n) is 3.73. The molecular formula is C10H20N2O. The molecule has 0 spiro atoms. The maximum atomic E-state index is 5.44. The third-order valence-corrected chi connectivity index (χ3v) is 2.61. The third-order valence-electron chi connectivity index (χ3n) is 2.61. The monoisotopic (exact) mass is 184 g/mol. The number of hydrogen-bond acceptors (Lipinski definition) is 3. The van der Waals surface area contributed by atoms with Gasteiger partial charge in [-0.1, -0.05) is 0 Å². The molecule has 3 heteroatoms. The molecule has 0 amide bonds. The summed E-state index contributed by atoms with van der Waals surface area (Å²) >= 11 is 0. The molecule has 0 aromatic carbocycles. The fraction of sp³-hybridized carbons (Fsp3) is 0.800. The molecule has 0 bridgehead atoms. The Labute approximate surface area is 80.8 Å². The third kappa shape index (κ3) is 3.68. The van der Waals surface area contributed by atoms with E-state index >= 15 is 0 Å². The molecular weight excluding hydrogens is 164 g/mol. The van der Waals surface area contributed by atoms with E-state index in [0.29, 0.717) is 11.8 Å². The number of ether oxygens (including phenoxy) is 1. The van der Waals surface area contributed by atoms with Crippen LogP contribution in [0.15, 0.2) is 12.5 Å². The molecule has 1 heterocycles. The van der Waals surface area contributed by atoms with Crippen molar-refractivity contribution in [2.24, 2.45) is 5.92 Å². The van der Waals surface area contributed by atoms with Gasteiger partial charge in [0, 0.05) is 7.05 Å². The van der Waals surface area contributed by atoms with Gasteiger partial charge in [-0.25, -0.2) is 0 Å². The lowest BCUT2D eigenvalue weighted by atomic mass is 9.98. The quantitative estimate of drug-likeness (QED) is 0.661. The fourth-order valence-electron chi connectivity index (χ4n) is 1.52. The largest absolute Gasteiger partial charge is 0.479 e. The van der Waals surface area contributed by atoms with Gasteiger partial charge in [-0.2, -0.15) is 0 Å². The van der Waals surface area contributed by atoms with Crippen molar-refractivity contribution in [1.82, 2.24) is 10.2 Å². The van der Waals surface area contributed by atoms with Crippen LogP contribution in [0.4, 0.5) is 0 Å². The highest BCUT2D eigenvalue weighted by Gasteiger charge is 2.16. The predicted octanol–water partition coefficient (Wildman–Crippen LogP) is 1.04. The Morgan fingerprint density at radius 2 is 2.15 bits per heavy atom. The maximum absolute atomic E-state index is 5.44. The van der Waals surface area contributed by atoms with E-state index in [1.807, 2.05) is 7.05 Å². The van der Waals surface area contributed by atoms with E-state index in [4.69, 9.17) is 4.74 Å². The van der Waals surface area contributed by atoms with E-state index in [2.05, 4.69) is 23.8 Å². The zero-order valence-corrected chi connectivity index (χ0v) is 8.68. The first-order valence-corrected chi connectivity index (χ1v) is 4.90. The summed E-state index contributed by atoms with van der Waals surface area (Å²) < 4.78 is 5.44. The second-order valence-corrected chi connectivity index (χ2v) is 3.73. The average molecular weight is 184 g/mol. The van der Waals surface area contributed by atoms with Gasteiger partial charge in [0.1, 0.15) is 0 Å². The summed E-state index contributed by atoms with van der Waals surface area (Å²) in [4.78, 5) is 2.36. The highest BCUT2D eigenvalue weighted by molar-refractivity contribution is 4.78. The topological polar surface area (TPSA) is 24.5 Å². The van der Waals surface area contributed by atoms with Gasteiger partial charge in [-0.15, -0.1) is 0 Å². The Bertz CT molecular complexity index is 162. The molecule has 0 aliphatic carbocycles. The molecule has 1 rings (SSSR count). The van der Waals surface area contributed by atoms with E-state index in [9.17, 15) is 0 Å². The van der Waals surface area contributed by atoms with Crippen LogP contribution in [0.25, 0.3) is 0 Å². The van der Waals surface area contributed by atoms with Gasteiger partial charge in [-0.3, -0.25) is 0 Å². The van der Waals surface area contributed by atoms with Crippen molar-refractivity contribution in [3.63, 3.8) is 0 Å². The van der Waals surface area contributed by atoms with Crippen molar-refractivity contribution < 1.29 is 4.74 Å². The SMILES string of the molecule is C=C(NC)OCC1CCN(C)CC1. The maximum Gasteiger partial charge on any atom is 0.178 e. The van der Waals surface area contributed by atoms with Crippen LogP contribution in [0.3, 0.4) is 0 Å². The first-order valence-electron chi connectivity index (χ1n) is 4.90. The van der Waals surface area contributed by atoms with Crippen molar-refractivity contribution in [2.75, 3.05) is 33.8 Å². The Morgan fingerprint density at radius 1 is 1.54 bits per heavy atom. The Kier molecular flexibility index (Phi) is 4.09. The lowest BCUT2D eigenvalue weighted by molar-refractivity contribution is 0.110. The molecule has 1 fully saturated rings. The van der Waals surface area contributed by atoms with Crippen LogP contribution in [0, 0.1) is 5.92 Å². The number of likely N-dealkylation sites (tertiary alicyclic amines) is 1. The van der Waals surface area contributed by atoms with Crippen LogP contribution >= 0.6 is 0 Å². The number of piperidine rings is 1. The zero-order valence-electron chi connectivity index (χ0n) is 8.68. The van der Waals surface area contributed by atoms with Crippen LogP contribution in [-0.2, 0) is 4.74 Å². The standard InChI is InChI=1S/C10H20N2O/c1-9(11-2)13-8-10-4-6-12(3)7-5-10/h10-11H,1,4-8H2,2-3H3. The minimum absolute atomic E-state index is 0.680. The minimum Gasteiger partial charge on any atom is -0.479 e. The highest BCUT2D eigenvalue weighted by Crippen LogP contribution is 2.16. The van der Waals surface area contributed by atoms with E-state index in [0.717, 1.165) is 6.61 Å². The fourth-order valence-corrected chi connectivity index (χ4v) is 1.52. The summed E-state index contributed by atoms with van der Waals surface area (Å²) in [5.41, 5.74) is 0. The number of nitrogens with one attached hydrogen (secondary N) is 1.